The van der Waals surface area contributed by atoms with Crippen molar-refractivity contribution in [3.63, 3.8) is 0 Å². The fourth-order valence-corrected chi connectivity index (χ4v) is 6.02. The van der Waals surface area contributed by atoms with Crippen molar-refractivity contribution < 1.29 is 27.4 Å². The molecule has 2 aromatic rings. The maximum absolute atomic E-state index is 13.5. The van der Waals surface area contributed by atoms with Crippen molar-refractivity contribution in [2.75, 3.05) is 32.3 Å². The molecule has 0 N–H and O–H groups in total. The Morgan fingerprint density at radius 2 is 1.75 bits per heavy atom. The zero-order chi connectivity index (χ0) is 23.5. The topological polar surface area (TPSA) is 82.1 Å². The van der Waals surface area contributed by atoms with E-state index >= 15 is 0 Å². The van der Waals surface area contributed by atoms with Gasteiger partial charge in [-0.15, -0.1) is 0 Å². The standard InChI is InChI=1S/C22H25Cl2NO6S/c1-4-31-21-17(23)10-15(11-18(21)24)22(26)25(16-7-8-32(27,28)13-16)12-14-5-6-19(29-2)20(9-14)30-3/h5-6,9-11,16H,4,7-8,12-13H2,1-3H3. The average molecular weight is 502 g/mol. The molecule has 3 rings (SSSR count). The van der Waals surface area contributed by atoms with Gasteiger partial charge in [0.1, 0.15) is 0 Å². The van der Waals surface area contributed by atoms with Crippen molar-refractivity contribution in [2.45, 2.75) is 25.9 Å². The van der Waals surface area contributed by atoms with Gasteiger partial charge < -0.3 is 19.1 Å². The Morgan fingerprint density at radius 1 is 1.09 bits per heavy atom. The maximum atomic E-state index is 13.5. The summed E-state index contributed by atoms with van der Waals surface area (Å²) in [5, 5.41) is 0.431. The Balaban J connectivity index is 1.97. The highest BCUT2D eigenvalue weighted by molar-refractivity contribution is 7.91. The fraction of sp³-hybridized carbons (Fsp3) is 0.409. The van der Waals surface area contributed by atoms with E-state index in [0.29, 0.717) is 30.3 Å². The van der Waals surface area contributed by atoms with Crippen LogP contribution in [0.4, 0.5) is 0 Å². The van der Waals surface area contributed by atoms with Crippen LogP contribution in [0.15, 0.2) is 30.3 Å². The van der Waals surface area contributed by atoms with Gasteiger partial charge in [-0.25, -0.2) is 8.42 Å². The molecular weight excluding hydrogens is 477 g/mol. The Kier molecular flexibility index (Phi) is 7.79. The van der Waals surface area contributed by atoms with Crippen LogP contribution in [0.2, 0.25) is 10.0 Å². The van der Waals surface area contributed by atoms with Gasteiger partial charge in [-0.1, -0.05) is 29.3 Å². The molecular formula is C22H25Cl2NO6S. The van der Waals surface area contributed by atoms with Gasteiger partial charge in [0.25, 0.3) is 5.91 Å². The third kappa shape index (κ3) is 5.42. The van der Waals surface area contributed by atoms with Crippen LogP contribution in [-0.2, 0) is 16.4 Å². The number of ether oxygens (including phenoxy) is 3. The van der Waals surface area contributed by atoms with Gasteiger partial charge in [0.05, 0.1) is 42.4 Å². The van der Waals surface area contributed by atoms with E-state index in [1.54, 1.807) is 24.0 Å². The highest BCUT2D eigenvalue weighted by atomic mass is 35.5. The molecule has 0 radical (unpaired) electrons. The molecule has 0 spiro atoms. The molecule has 7 nitrogen and oxygen atoms in total. The van der Waals surface area contributed by atoms with Crippen LogP contribution in [0.1, 0.15) is 29.3 Å². The van der Waals surface area contributed by atoms with E-state index in [9.17, 15) is 13.2 Å². The zero-order valence-electron chi connectivity index (χ0n) is 18.1. The summed E-state index contributed by atoms with van der Waals surface area (Å²) in [6, 6.07) is 7.83. The zero-order valence-corrected chi connectivity index (χ0v) is 20.4. The molecule has 0 saturated carbocycles. The normalized spacial score (nSPS) is 17.1. The first-order valence-corrected chi connectivity index (χ1v) is 12.6. The SMILES string of the molecule is CCOc1c(Cl)cc(C(=O)N(Cc2ccc(OC)c(OC)c2)C2CCS(=O)(=O)C2)cc1Cl. The van der Waals surface area contributed by atoms with Crippen molar-refractivity contribution in [3.8, 4) is 17.2 Å². The lowest BCUT2D eigenvalue weighted by Crippen LogP contribution is -2.40. The van der Waals surface area contributed by atoms with Gasteiger partial charge in [0.2, 0.25) is 0 Å². The Bertz CT molecular complexity index is 1080. The van der Waals surface area contributed by atoms with E-state index in [1.165, 1.54) is 26.4 Å². The van der Waals surface area contributed by atoms with Gasteiger partial charge in [-0.05, 0) is 43.2 Å². The Labute approximate surface area is 198 Å². The van der Waals surface area contributed by atoms with Crippen LogP contribution >= 0.6 is 23.2 Å². The van der Waals surface area contributed by atoms with Crippen molar-refractivity contribution in [3.05, 3.63) is 51.5 Å². The number of benzene rings is 2. The summed E-state index contributed by atoms with van der Waals surface area (Å²) in [5.74, 6) is 0.963. The molecule has 1 heterocycles. The molecule has 2 aromatic carbocycles. The highest BCUT2D eigenvalue weighted by Crippen LogP contribution is 2.35. The van der Waals surface area contributed by atoms with Gasteiger partial charge in [0, 0.05) is 18.2 Å². The molecule has 1 saturated heterocycles. The van der Waals surface area contributed by atoms with Crippen LogP contribution in [0.5, 0.6) is 17.2 Å². The lowest BCUT2D eigenvalue weighted by molar-refractivity contribution is 0.0680. The number of carbonyl (C=O) groups excluding carboxylic acids is 1. The minimum Gasteiger partial charge on any atom is -0.493 e. The first-order valence-electron chi connectivity index (χ1n) is 10.0. The number of halogens is 2. The maximum Gasteiger partial charge on any atom is 0.254 e. The number of sulfone groups is 1. The second-order valence-corrected chi connectivity index (χ2v) is 10.4. The molecule has 0 aromatic heterocycles. The van der Waals surface area contributed by atoms with Gasteiger partial charge in [-0.3, -0.25) is 4.79 Å². The van der Waals surface area contributed by atoms with Crippen molar-refractivity contribution in [1.29, 1.82) is 0 Å². The first kappa shape index (κ1) is 24.5. The number of carbonyl (C=O) groups is 1. The predicted molar refractivity (Wildman–Crippen MR) is 124 cm³/mol. The number of hydrogen-bond acceptors (Lipinski definition) is 6. The first-order chi connectivity index (χ1) is 15.2. The molecule has 174 valence electrons. The number of rotatable bonds is 8. The Hall–Kier alpha value is -2.16. The van der Waals surface area contributed by atoms with Crippen LogP contribution in [-0.4, -0.2) is 57.6 Å². The van der Waals surface area contributed by atoms with E-state index in [4.69, 9.17) is 37.4 Å². The smallest absolute Gasteiger partial charge is 0.254 e. The van der Waals surface area contributed by atoms with Crippen molar-refractivity contribution in [2.24, 2.45) is 0 Å². The van der Waals surface area contributed by atoms with Crippen LogP contribution < -0.4 is 14.2 Å². The quantitative estimate of drug-likeness (QED) is 0.537. The van der Waals surface area contributed by atoms with Gasteiger partial charge >= 0.3 is 0 Å². The van der Waals surface area contributed by atoms with E-state index in [1.807, 2.05) is 6.07 Å². The molecule has 1 amide bonds. The lowest BCUT2D eigenvalue weighted by atomic mass is 10.1. The Morgan fingerprint density at radius 3 is 2.28 bits per heavy atom. The highest BCUT2D eigenvalue weighted by Gasteiger charge is 2.35. The molecule has 1 unspecified atom stereocenters. The van der Waals surface area contributed by atoms with E-state index in [0.717, 1.165) is 5.56 Å². The summed E-state index contributed by atoms with van der Waals surface area (Å²) < 4.78 is 40.3. The second-order valence-electron chi connectivity index (χ2n) is 7.38. The average Bonchev–Trinajstić information content (AvgIpc) is 3.13. The lowest BCUT2D eigenvalue weighted by Gasteiger charge is -2.29. The molecule has 1 aliphatic rings. The van der Waals surface area contributed by atoms with Crippen LogP contribution in [0, 0.1) is 0 Å². The number of nitrogens with zero attached hydrogens (tertiary/aromatic N) is 1. The molecule has 10 heteroatoms. The summed E-state index contributed by atoms with van der Waals surface area (Å²) in [5.41, 5.74) is 1.02. The third-order valence-corrected chi connectivity index (χ3v) is 7.56. The molecule has 1 atom stereocenters. The van der Waals surface area contributed by atoms with E-state index < -0.39 is 15.9 Å². The van der Waals surface area contributed by atoms with Gasteiger partial charge in [0.15, 0.2) is 27.1 Å². The molecule has 1 fully saturated rings. The largest absolute Gasteiger partial charge is 0.493 e. The van der Waals surface area contributed by atoms with E-state index in [-0.39, 0.29) is 39.6 Å². The third-order valence-electron chi connectivity index (χ3n) is 5.24. The molecule has 0 aliphatic carbocycles. The molecule has 1 aliphatic heterocycles. The molecule has 0 bridgehead atoms. The van der Waals surface area contributed by atoms with Crippen LogP contribution in [0.25, 0.3) is 0 Å². The summed E-state index contributed by atoms with van der Waals surface area (Å²) >= 11 is 12.6. The van der Waals surface area contributed by atoms with Crippen LogP contribution in [0.3, 0.4) is 0 Å². The van der Waals surface area contributed by atoms with Crippen molar-refractivity contribution >= 4 is 38.9 Å². The fourth-order valence-electron chi connectivity index (χ4n) is 3.70. The van der Waals surface area contributed by atoms with E-state index in [2.05, 4.69) is 0 Å². The minimum atomic E-state index is -3.21. The summed E-state index contributed by atoms with van der Waals surface area (Å²) in [4.78, 5) is 15.1. The summed E-state index contributed by atoms with van der Waals surface area (Å²) in [7, 11) is -0.149. The summed E-state index contributed by atoms with van der Waals surface area (Å²) in [6.45, 7) is 2.36. The van der Waals surface area contributed by atoms with Crippen molar-refractivity contribution in [1.82, 2.24) is 4.90 Å². The minimum absolute atomic E-state index is 0.0399. The monoisotopic (exact) mass is 501 g/mol. The number of methoxy groups -OCH3 is 2. The number of hydrogen-bond donors (Lipinski definition) is 0. The predicted octanol–water partition coefficient (Wildman–Crippen LogP) is 4.24. The number of amides is 1. The van der Waals surface area contributed by atoms with Gasteiger partial charge in [-0.2, -0.15) is 0 Å². The second kappa shape index (κ2) is 10.2. The molecule has 32 heavy (non-hydrogen) atoms. The summed E-state index contributed by atoms with van der Waals surface area (Å²) in [6.07, 6.45) is 0.361.